The topological polar surface area (TPSA) is 78.5 Å². The highest BCUT2D eigenvalue weighted by Crippen LogP contribution is 2.18. The van der Waals surface area contributed by atoms with Crippen LogP contribution in [-0.2, 0) is 27.4 Å². The molecule has 194 valence electrons. The lowest BCUT2D eigenvalue weighted by molar-refractivity contribution is -0.134. The maximum atomic E-state index is 12.9. The molecule has 1 aromatic rings. The maximum Gasteiger partial charge on any atom is 0.236 e. The van der Waals surface area contributed by atoms with E-state index in [4.69, 9.17) is 14.5 Å². The highest BCUT2D eigenvalue weighted by Gasteiger charge is 2.23. The normalized spacial score (nSPS) is 21.2. The quantitative estimate of drug-likeness (QED) is 0.626. The fourth-order valence-electron chi connectivity index (χ4n) is 5.14. The molecule has 0 atom stereocenters. The van der Waals surface area contributed by atoms with Gasteiger partial charge in [-0.1, -0.05) is 0 Å². The van der Waals surface area contributed by atoms with Crippen LogP contribution in [0.5, 0.6) is 5.75 Å². The summed E-state index contributed by atoms with van der Waals surface area (Å²) in [7, 11) is 1.66. The minimum Gasteiger partial charge on any atom is -0.497 e. The molecule has 35 heavy (non-hydrogen) atoms. The van der Waals surface area contributed by atoms with E-state index in [0.29, 0.717) is 52.5 Å². The van der Waals surface area contributed by atoms with E-state index in [1.54, 1.807) is 7.11 Å². The van der Waals surface area contributed by atoms with Crippen LogP contribution in [0.25, 0.3) is 0 Å². The molecule has 2 saturated heterocycles. The Hall–Kier alpha value is -2.23. The zero-order valence-electron chi connectivity index (χ0n) is 21.3. The van der Waals surface area contributed by atoms with E-state index >= 15 is 0 Å². The number of hydrogen-bond acceptors (Lipinski definition) is 7. The lowest BCUT2D eigenvalue weighted by Crippen LogP contribution is -2.44. The van der Waals surface area contributed by atoms with Crippen molar-refractivity contribution in [3.05, 3.63) is 23.5 Å². The van der Waals surface area contributed by atoms with Crippen LogP contribution < -0.4 is 4.74 Å². The molecule has 4 rings (SSSR count). The van der Waals surface area contributed by atoms with Crippen molar-refractivity contribution in [1.29, 1.82) is 0 Å². The lowest BCUT2D eigenvalue weighted by atomic mass is 10.1. The molecule has 0 spiro atoms. The van der Waals surface area contributed by atoms with E-state index in [9.17, 15) is 9.59 Å². The lowest BCUT2D eigenvalue weighted by Gasteiger charge is -2.31. The molecule has 3 aliphatic heterocycles. The van der Waals surface area contributed by atoms with Gasteiger partial charge in [-0.15, -0.1) is 0 Å². The van der Waals surface area contributed by atoms with Crippen LogP contribution in [-0.4, -0.2) is 109 Å². The summed E-state index contributed by atoms with van der Waals surface area (Å²) in [5.41, 5.74) is 1.74. The third-order valence-electron chi connectivity index (χ3n) is 7.15. The van der Waals surface area contributed by atoms with Gasteiger partial charge in [-0.2, -0.15) is 0 Å². The first kappa shape index (κ1) is 25.9. The minimum absolute atomic E-state index is 0.183. The summed E-state index contributed by atoms with van der Waals surface area (Å²) in [6, 6.07) is 3.88. The van der Waals surface area contributed by atoms with Crippen LogP contribution in [0.1, 0.15) is 49.9 Å². The fourth-order valence-corrected chi connectivity index (χ4v) is 5.14. The number of rotatable bonds is 5. The third-order valence-corrected chi connectivity index (χ3v) is 7.15. The average Bonchev–Trinajstić information content (AvgIpc) is 2.88. The Balaban J connectivity index is 1.45. The van der Waals surface area contributed by atoms with Gasteiger partial charge in [0.15, 0.2) is 0 Å². The highest BCUT2D eigenvalue weighted by molar-refractivity contribution is 5.78. The molecule has 0 radical (unpaired) electrons. The van der Waals surface area contributed by atoms with Gasteiger partial charge in [0, 0.05) is 64.5 Å². The summed E-state index contributed by atoms with van der Waals surface area (Å²) in [6.45, 7) is 7.67. The Labute approximate surface area is 209 Å². The standard InChI is InChI=1S/C26H41N5O4/c1-34-24-16-22-18-28(20-25(32)30-8-4-2-5-9-30)12-14-35-15-13-29(19-23(17-24)27-22)21-26(33)31-10-6-3-7-11-31/h16-17H,2-15,18-21H2,1H3. The molecule has 0 unspecified atom stereocenters. The number of piperidine rings is 2. The molecule has 9 heteroatoms. The van der Waals surface area contributed by atoms with Crippen LogP contribution >= 0.6 is 0 Å². The second-order valence-electron chi connectivity index (χ2n) is 9.91. The molecule has 0 saturated carbocycles. The number of nitrogens with zero attached hydrogens (tertiary/aromatic N) is 5. The second-order valence-corrected chi connectivity index (χ2v) is 9.91. The van der Waals surface area contributed by atoms with E-state index in [2.05, 4.69) is 9.80 Å². The Bertz CT molecular complexity index is 777. The van der Waals surface area contributed by atoms with Gasteiger partial charge in [0.1, 0.15) is 5.75 Å². The Morgan fingerprint density at radius 3 is 1.66 bits per heavy atom. The number of fused-ring (bicyclic) bond motifs is 2. The molecule has 0 N–H and O–H groups in total. The molecule has 2 bridgehead atoms. The number of ether oxygens (including phenoxy) is 2. The molecule has 2 fully saturated rings. The minimum atomic E-state index is 0.183. The zero-order chi connectivity index (χ0) is 24.5. The first-order valence-corrected chi connectivity index (χ1v) is 13.2. The second kappa shape index (κ2) is 13.2. The highest BCUT2D eigenvalue weighted by atomic mass is 16.5. The van der Waals surface area contributed by atoms with Gasteiger partial charge in [-0.3, -0.25) is 24.4 Å². The molecule has 2 amide bonds. The van der Waals surface area contributed by atoms with Crippen molar-refractivity contribution in [3.63, 3.8) is 0 Å². The van der Waals surface area contributed by atoms with Crippen molar-refractivity contribution in [2.75, 3.05) is 72.7 Å². The number of carbonyl (C=O) groups excluding carboxylic acids is 2. The van der Waals surface area contributed by atoms with E-state index in [0.717, 1.165) is 69.0 Å². The molecule has 0 aliphatic carbocycles. The molecule has 9 nitrogen and oxygen atoms in total. The summed E-state index contributed by atoms with van der Waals surface area (Å²) in [5, 5.41) is 0. The molecule has 4 heterocycles. The summed E-state index contributed by atoms with van der Waals surface area (Å²) < 4.78 is 11.5. The first-order chi connectivity index (χ1) is 17.1. The van der Waals surface area contributed by atoms with Crippen molar-refractivity contribution in [2.45, 2.75) is 51.6 Å². The summed E-state index contributed by atoms with van der Waals surface area (Å²) in [5.74, 6) is 1.12. The van der Waals surface area contributed by atoms with Crippen LogP contribution in [0.15, 0.2) is 12.1 Å². The van der Waals surface area contributed by atoms with Crippen LogP contribution in [0, 0.1) is 0 Å². The molecule has 0 aromatic carbocycles. The zero-order valence-corrected chi connectivity index (χ0v) is 21.3. The van der Waals surface area contributed by atoms with E-state index in [-0.39, 0.29) is 11.8 Å². The van der Waals surface area contributed by atoms with Gasteiger partial charge >= 0.3 is 0 Å². The van der Waals surface area contributed by atoms with Crippen LogP contribution in [0.2, 0.25) is 0 Å². The summed E-state index contributed by atoms with van der Waals surface area (Å²) in [4.78, 5) is 39.0. The number of likely N-dealkylation sites (tertiary alicyclic amines) is 2. The largest absolute Gasteiger partial charge is 0.497 e. The Morgan fingerprint density at radius 2 is 1.23 bits per heavy atom. The van der Waals surface area contributed by atoms with Crippen molar-refractivity contribution in [2.24, 2.45) is 0 Å². The Kier molecular flexibility index (Phi) is 9.74. The van der Waals surface area contributed by atoms with Crippen molar-refractivity contribution < 1.29 is 19.1 Å². The number of hydrogen-bond donors (Lipinski definition) is 0. The third kappa shape index (κ3) is 7.88. The number of aromatic nitrogens is 1. The van der Waals surface area contributed by atoms with Crippen molar-refractivity contribution >= 4 is 11.8 Å². The van der Waals surface area contributed by atoms with Gasteiger partial charge < -0.3 is 19.3 Å². The number of pyridine rings is 1. The van der Waals surface area contributed by atoms with Crippen molar-refractivity contribution in [1.82, 2.24) is 24.6 Å². The average molecular weight is 488 g/mol. The molecule has 1 aromatic heterocycles. The van der Waals surface area contributed by atoms with Gasteiger partial charge in [-0.05, 0) is 38.5 Å². The molecule has 3 aliphatic rings. The molecular formula is C26H41N5O4. The number of amides is 2. The maximum absolute atomic E-state index is 12.9. The number of carbonyl (C=O) groups is 2. The van der Waals surface area contributed by atoms with Gasteiger partial charge in [0.25, 0.3) is 0 Å². The predicted octanol–water partition coefficient (Wildman–Crippen LogP) is 1.75. The predicted molar refractivity (Wildman–Crippen MR) is 133 cm³/mol. The van der Waals surface area contributed by atoms with Gasteiger partial charge in [0.2, 0.25) is 11.8 Å². The Morgan fingerprint density at radius 1 is 0.771 bits per heavy atom. The van der Waals surface area contributed by atoms with Crippen LogP contribution in [0.3, 0.4) is 0 Å². The smallest absolute Gasteiger partial charge is 0.236 e. The van der Waals surface area contributed by atoms with E-state index in [1.807, 2.05) is 21.9 Å². The summed E-state index contributed by atoms with van der Waals surface area (Å²) in [6.07, 6.45) is 6.77. The number of methoxy groups -OCH3 is 1. The van der Waals surface area contributed by atoms with Gasteiger partial charge in [-0.25, -0.2) is 0 Å². The molecular weight excluding hydrogens is 446 g/mol. The summed E-state index contributed by atoms with van der Waals surface area (Å²) >= 11 is 0. The monoisotopic (exact) mass is 487 g/mol. The SMILES string of the molecule is COc1cc2nc(c1)CN(CC(=O)N1CCCCC1)CCOCCN(CC(=O)N1CCCCC1)C2. The van der Waals surface area contributed by atoms with Crippen LogP contribution in [0.4, 0.5) is 0 Å². The van der Waals surface area contributed by atoms with Crippen molar-refractivity contribution in [3.8, 4) is 5.75 Å². The van der Waals surface area contributed by atoms with E-state index in [1.165, 1.54) is 12.8 Å². The van der Waals surface area contributed by atoms with Gasteiger partial charge in [0.05, 0.1) is 44.8 Å². The fraction of sp³-hybridized carbons (Fsp3) is 0.731. The first-order valence-electron chi connectivity index (χ1n) is 13.2. The van der Waals surface area contributed by atoms with E-state index < -0.39 is 0 Å².